The maximum Gasteiger partial charge on any atom is 0.307 e. The van der Waals surface area contributed by atoms with E-state index in [4.69, 9.17) is 17.3 Å². The summed E-state index contributed by atoms with van der Waals surface area (Å²) in [5.74, 6) is -0.923. The first-order valence-electron chi connectivity index (χ1n) is 4.32. The number of nitrogens with two attached hydrogens (primary N) is 1. The van der Waals surface area contributed by atoms with Crippen molar-refractivity contribution >= 4 is 30.0 Å². The number of rotatable bonds is 3. The number of benzene rings is 1. The van der Waals surface area contributed by atoms with E-state index < -0.39 is 17.8 Å². The average Bonchev–Trinajstić information content (AvgIpc) is 2.21. The summed E-state index contributed by atoms with van der Waals surface area (Å²) in [7, 11) is 1.28. The largest absolute Gasteiger partial charge is 0.469 e. The molecule has 1 aromatic rings. The van der Waals surface area contributed by atoms with Crippen molar-refractivity contribution in [3.05, 3.63) is 34.6 Å². The molecule has 0 bridgehead atoms. The van der Waals surface area contributed by atoms with Gasteiger partial charge in [-0.25, -0.2) is 4.39 Å². The van der Waals surface area contributed by atoms with Crippen molar-refractivity contribution < 1.29 is 13.9 Å². The van der Waals surface area contributed by atoms with Crippen LogP contribution in [0.4, 0.5) is 4.39 Å². The second-order valence-corrected chi connectivity index (χ2v) is 3.47. The van der Waals surface area contributed by atoms with Crippen LogP contribution in [0.3, 0.4) is 0 Å². The summed E-state index contributed by atoms with van der Waals surface area (Å²) in [6.45, 7) is 0. The molecule has 2 N–H and O–H groups in total. The van der Waals surface area contributed by atoms with Crippen molar-refractivity contribution in [2.24, 2.45) is 5.73 Å². The Labute approximate surface area is 104 Å². The van der Waals surface area contributed by atoms with Crippen LogP contribution in [0.1, 0.15) is 18.0 Å². The first kappa shape index (κ1) is 15.2. The van der Waals surface area contributed by atoms with Crippen molar-refractivity contribution in [2.75, 3.05) is 7.11 Å². The van der Waals surface area contributed by atoms with Crippen LogP contribution in [-0.2, 0) is 9.53 Å². The Morgan fingerprint density at radius 3 is 2.75 bits per heavy atom. The Kier molecular flexibility index (Phi) is 6.33. The van der Waals surface area contributed by atoms with Crippen molar-refractivity contribution in [3.63, 3.8) is 0 Å². The van der Waals surface area contributed by atoms with E-state index in [0.29, 0.717) is 5.56 Å². The van der Waals surface area contributed by atoms with Gasteiger partial charge in [-0.3, -0.25) is 4.79 Å². The SMILES string of the molecule is COC(=O)C[C@H](N)c1ccc(F)c(Cl)c1.Cl. The fourth-order valence-corrected chi connectivity index (χ4v) is 1.31. The van der Waals surface area contributed by atoms with Gasteiger partial charge in [-0.15, -0.1) is 12.4 Å². The highest BCUT2D eigenvalue weighted by atomic mass is 35.5. The van der Waals surface area contributed by atoms with Crippen LogP contribution in [0.15, 0.2) is 18.2 Å². The summed E-state index contributed by atoms with van der Waals surface area (Å²) >= 11 is 5.58. The highest BCUT2D eigenvalue weighted by Crippen LogP contribution is 2.21. The van der Waals surface area contributed by atoms with E-state index in [0.717, 1.165) is 0 Å². The molecule has 0 radical (unpaired) electrons. The molecule has 3 nitrogen and oxygen atoms in total. The molecule has 6 heteroatoms. The number of hydrogen-bond acceptors (Lipinski definition) is 3. The molecule has 1 rings (SSSR count). The number of carbonyl (C=O) groups is 1. The number of ether oxygens (including phenoxy) is 1. The Morgan fingerprint density at radius 1 is 1.62 bits per heavy atom. The van der Waals surface area contributed by atoms with Crippen molar-refractivity contribution in [1.82, 2.24) is 0 Å². The number of methoxy groups -OCH3 is 1. The second kappa shape index (κ2) is 6.68. The summed E-state index contributed by atoms with van der Waals surface area (Å²) < 4.78 is 17.3. The lowest BCUT2D eigenvalue weighted by atomic mass is 10.1. The zero-order valence-corrected chi connectivity index (χ0v) is 10.1. The standard InChI is InChI=1S/C10H11ClFNO2.ClH/c1-15-10(14)5-9(13)6-2-3-8(12)7(11)4-6;/h2-4,9H,5,13H2,1H3;1H/t9-;/m0./s1. The second-order valence-electron chi connectivity index (χ2n) is 3.06. The first-order valence-corrected chi connectivity index (χ1v) is 4.69. The molecule has 0 amide bonds. The third-order valence-corrected chi connectivity index (χ3v) is 2.28. The van der Waals surface area contributed by atoms with Crippen LogP contribution < -0.4 is 5.73 Å². The Hall–Kier alpha value is -0.840. The van der Waals surface area contributed by atoms with E-state index in [1.54, 1.807) is 0 Å². The van der Waals surface area contributed by atoms with E-state index in [9.17, 15) is 9.18 Å². The van der Waals surface area contributed by atoms with E-state index in [-0.39, 0.29) is 23.9 Å². The summed E-state index contributed by atoms with van der Waals surface area (Å²) in [4.78, 5) is 10.9. The van der Waals surface area contributed by atoms with E-state index in [1.165, 1.54) is 25.3 Å². The molecule has 0 unspecified atom stereocenters. The molecule has 0 aliphatic rings. The molecule has 90 valence electrons. The van der Waals surface area contributed by atoms with Crippen LogP contribution in [0.25, 0.3) is 0 Å². The molecule has 0 spiro atoms. The highest BCUT2D eigenvalue weighted by Gasteiger charge is 2.13. The van der Waals surface area contributed by atoms with Crippen LogP contribution >= 0.6 is 24.0 Å². The average molecular weight is 268 g/mol. The van der Waals surface area contributed by atoms with Crippen molar-refractivity contribution in [3.8, 4) is 0 Å². The fraction of sp³-hybridized carbons (Fsp3) is 0.300. The summed E-state index contributed by atoms with van der Waals surface area (Å²) in [6.07, 6.45) is 0.0401. The molecule has 0 aromatic heterocycles. The summed E-state index contributed by atoms with van der Waals surface area (Å²) in [5.41, 5.74) is 6.31. The third kappa shape index (κ3) is 3.96. The van der Waals surface area contributed by atoms with Gasteiger partial charge < -0.3 is 10.5 Å². The van der Waals surface area contributed by atoms with Gasteiger partial charge in [0.2, 0.25) is 0 Å². The minimum absolute atomic E-state index is 0. The molecular formula is C10H12Cl2FNO2. The van der Waals surface area contributed by atoms with Gasteiger partial charge in [0.25, 0.3) is 0 Å². The Morgan fingerprint density at radius 2 is 2.25 bits per heavy atom. The molecular weight excluding hydrogens is 256 g/mol. The molecule has 0 aliphatic heterocycles. The smallest absolute Gasteiger partial charge is 0.307 e. The van der Waals surface area contributed by atoms with Gasteiger partial charge in [0.15, 0.2) is 0 Å². The molecule has 0 aliphatic carbocycles. The Bertz CT molecular complexity index is 374. The van der Waals surface area contributed by atoms with Gasteiger partial charge in [-0.05, 0) is 17.7 Å². The van der Waals surface area contributed by atoms with Gasteiger partial charge >= 0.3 is 5.97 Å². The maximum absolute atomic E-state index is 12.8. The predicted octanol–water partition coefficient (Wildman–Crippen LogP) is 2.46. The third-order valence-electron chi connectivity index (χ3n) is 1.99. The van der Waals surface area contributed by atoms with Crippen molar-refractivity contribution in [1.29, 1.82) is 0 Å². The summed E-state index contributed by atoms with van der Waals surface area (Å²) in [6, 6.07) is 3.59. The maximum atomic E-state index is 12.8. The van der Waals surface area contributed by atoms with Gasteiger partial charge in [-0.2, -0.15) is 0 Å². The van der Waals surface area contributed by atoms with E-state index >= 15 is 0 Å². The number of halogens is 3. The fourth-order valence-electron chi connectivity index (χ4n) is 1.12. The van der Waals surface area contributed by atoms with Gasteiger partial charge in [-0.1, -0.05) is 17.7 Å². The minimum Gasteiger partial charge on any atom is -0.469 e. The topological polar surface area (TPSA) is 52.3 Å². The monoisotopic (exact) mass is 267 g/mol. The number of hydrogen-bond donors (Lipinski definition) is 1. The predicted molar refractivity (Wildman–Crippen MR) is 62.2 cm³/mol. The molecule has 0 saturated heterocycles. The van der Waals surface area contributed by atoms with Crippen LogP contribution in [0.2, 0.25) is 5.02 Å². The van der Waals surface area contributed by atoms with Gasteiger partial charge in [0.05, 0.1) is 18.6 Å². The summed E-state index contributed by atoms with van der Waals surface area (Å²) in [5, 5.41) is -0.00665. The van der Waals surface area contributed by atoms with E-state index in [2.05, 4.69) is 4.74 Å². The Balaban J connectivity index is 0.00000225. The molecule has 0 saturated carbocycles. The van der Waals surface area contributed by atoms with Gasteiger partial charge in [0, 0.05) is 6.04 Å². The lowest BCUT2D eigenvalue weighted by molar-refractivity contribution is -0.141. The van der Waals surface area contributed by atoms with Gasteiger partial charge in [0.1, 0.15) is 5.82 Å². The first-order chi connectivity index (χ1) is 7.04. The zero-order valence-electron chi connectivity index (χ0n) is 8.57. The minimum atomic E-state index is -0.532. The number of esters is 1. The van der Waals surface area contributed by atoms with Crippen molar-refractivity contribution in [2.45, 2.75) is 12.5 Å². The normalized spacial score (nSPS) is 11.5. The lowest BCUT2D eigenvalue weighted by Crippen LogP contribution is -2.16. The molecule has 16 heavy (non-hydrogen) atoms. The number of carbonyl (C=O) groups excluding carboxylic acids is 1. The molecule has 1 atom stereocenters. The zero-order chi connectivity index (χ0) is 11.4. The van der Waals surface area contributed by atoms with Crippen LogP contribution in [-0.4, -0.2) is 13.1 Å². The highest BCUT2D eigenvalue weighted by molar-refractivity contribution is 6.30. The molecule has 1 aromatic carbocycles. The van der Waals surface area contributed by atoms with Crippen LogP contribution in [0, 0.1) is 5.82 Å². The quantitative estimate of drug-likeness (QED) is 0.857. The lowest BCUT2D eigenvalue weighted by Gasteiger charge is -2.10. The van der Waals surface area contributed by atoms with E-state index in [1.807, 2.05) is 0 Å². The molecule has 0 heterocycles. The van der Waals surface area contributed by atoms with Crippen LogP contribution in [0.5, 0.6) is 0 Å². The molecule has 0 fully saturated rings.